The molecule has 20 nitrogen and oxygen atoms in total. The number of benzene rings is 2. The lowest BCUT2D eigenvalue weighted by Crippen LogP contribution is -2.47. The largest absolute Gasteiger partial charge is 0.394 e. The van der Waals surface area contributed by atoms with Crippen LogP contribution in [0.5, 0.6) is 0 Å². The maximum atomic E-state index is 12.9. The van der Waals surface area contributed by atoms with E-state index >= 15 is 0 Å². The van der Waals surface area contributed by atoms with Crippen LogP contribution in [0.25, 0.3) is 11.2 Å². The molecule has 1 saturated carbocycles. The fourth-order valence-electron chi connectivity index (χ4n) is 7.31. The molecular formula is C34H41N11O9S. The predicted octanol–water partition coefficient (Wildman–Crippen LogP) is -1.16. The number of primary sulfonamides is 1. The van der Waals surface area contributed by atoms with Crippen LogP contribution in [-0.4, -0.2) is 134 Å². The van der Waals surface area contributed by atoms with Crippen LogP contribution >= 0.6 is 0 Å². The van der Waals surface area contributed by atoms with Crippen LogP contribution in [0.2, 0.25) is 0 Å². The van der Waals surface area contributed by atoms with Crippen LogP contribution in [0.15, 0.2) is 65.8 Å². The predicted molar refractivity (Wildman–Crippen MR) is 196 cm³/mol. The van der Waals surface area contributed by atoms with E-state index in [-0.39, 0.29) is 53.6 Å². The van der Waals surface area contributed by atoms with Crippen molar-refractivity contribution in [2.24, 2.45) is 5.14 Å². The van der Waals surface area contributed by atoms with Gasteiger partial charge in [0, 0.05) is 24.8 Å². The number of nitrogens with one attached hydrogen (secondary N) is 4. The second-order valence-electron chi connectivity index (χ2n) is 13.8. The Balaban J connectivity index is 1.16. The Morgan fingerprint density at radius 3 is 2.51 bits per heavy atom. The molecule has 4 aromatic rings. The highest BCUT2D eigenvalue weighted by Gasteiger charge is 2.52. The van der Waals surface area contributed by atoms with Crippen LogP contribution in [0.1, 0.15) is 24.4 Å². The number of carbonyl (C=O) groups excluding carboxylic acids is 3. The Morgan fingerprint density at radius 2 is 1.80 bits per heavy atom. The highest BCUT2D eigenvalue weighted by molar-refractivity contribution is 7.89. The van der Waals surface area contributed by atoms with E-state index in [0.717, 1.165) is 10.5 Å². The van der Waals surface area contributed by atoms with E-state index in [2.05, 4.69) is 26.3 Å². The first-order valence-electron chi connectivity index (χ1n) is 17.6. The summed E-state index contributed by atoms with van der Waals surface area (Å²) in [4.78, 5) is 55.2. The Kier molecular flexibility index (Phi) is 10.6. The van der Waals surface area contributed by atoms with Crippen LogP contribution in [0.3, 0.4) is 0 Å². The second-order valence-corrected chi connectivity index (χ2v) is 15.3. The van der Waals surface area contributed by atoms with Crippen LogP contribution in [-0.2, 0) is 21.2 Å². The van der Waals surface area contributed by atoms with Gasteiger partial charge in [-0.2, -0.15) is 9.97 Å². The summed E-state index contributed by atoms with van der Waals surface area (Å²) < 4.78 is 25.1. The van der Waals surface area contributed by atoms with E-state index in [1.165, 1.54) is 30.6 Å². The number of urea groups is 2. The number of aliphatic hydroxyl groups excluding tert-OH is 4. The Morgan fingerprint density at radius 1 is 1.04 bits per heavy atom. The third-order valence-electron chi connectivity index (χ3n) is 10.1. The first kappa shape index (κ1) is 37.8. The van der Waals surface area contributed by atoms with Gasteiger partial charge in [-0.25, -0.2) is 28.1 Å². The van der Waals surface area contributed by atoms with Crippen molar-refractivity contribution in [2.45, 2.75) is 66.6 Å². The molecule has 2 aliphatic heterocycles. The van der Waals surface area contributed by atoms with Gasteiger partial charge in [-0.05, 0) is 43.0 Å². The van der Waals surface area contributed by atoms with Crippen molar-refractivity contribution in [1.82, 2.24) is 35.1 Å². The number of imide groups is 1. The molecule has 3 fully saturated rings. The van der Waals surface area contributed by atoms with Crippen molar-refractivity contribution in [1.29, 1.82) is 0 Å². The molecule has 7 atom stereocenters. The quantitative estimate of drug-likeness (QED) is 0.0767. The molecule has 7 rings (SSSR count). The number of aromatic nitrogens is 4. The van der Waals surface area contributed by atoms with E-state index in [1.807, 2.05) is 35.2 Å². The molecule has 1 aliphatic carbocycles. The Labute approximate surface area is 314 Å². The maximum absolute atomic E-state index is 12.9. The number of sulfonamides is 1. The summed E-state index contributed by atoms with van der Waals surface area (Å²) in [5, 5.41) is 58.7. The number of hydrogen-bond acceptors (Lipinski definition) is 14. The van der Waals surface area contributed by atoms with Crippen molar-refractivity contribution in [2.75, 3.05) is 41.8 Å². The van der Waals surface area contributed by atoms with Gasteiger partial charge in [-0.1, -0.05) is 36.4 Å². The molecule has 1 unspecified atom stereocenters. The number of amides is 5. The summed E-state index contributed by atoms with van der Waals surface area (Å²) in [6.45, 7) is -0.174. The third-order valence-corrected chi connectivity index (χ3v) is 11.0. The lowest BCUT2D eigenvalue weighted by atomic mass is 10.1. The number of aliphatic hydroxyl groups is 4. The number of anilines is 3. The highest BCUT2D eigenvalue weighted by atomic mass is 32.2. The van der Waals surface area contributed by atoms with Gasteiger partial charge in [0.2, 0.25) is 16.0 Å². The number of nitrogens with two attached hydrogens (primary N) is 1. The molecule has 2 aromatic heterocycles. The van der Waals surface area contributed by atoms with Crippen molar-refractivity contribution in [3.05, 3.63) is 66.5 Å². The number of nitrogens with zero attached hydrogens (tertiary/aromatic N) is 6. The number of imidazole rings is 1. The van der Waals surface area contributed by atoms with E-state index in [0.29, 0.717) is 24.9 Å². The fourth-order valence-corrected chi connectivity index (χ4v) is 7.87. The van der Waals surface area contributed by atoms with Crippen molar-refractivity contribution >= 4 is 56.6 Å². The first-order valence-corrected chi connectivity index (χ1v) is 19.1. The molecule has 55 heavy (non-hydrogen) atoms. The third kappa shape index (κ3) is 7.74. The minimum Gasteiger partial charge on any atom is -0.394 e. The van der Waals surface area contributed by atoms with Crippen LogP contribution in [0.4, 0.5) is 27.0 Å². The molecule has 292 valence electrons. The minimum absolute atomic E-state index is 0.0502. The molecule has 2 aromatic carbocycles. The van der Waals surface area contributed by atoms with E-state index in [1.54, 1.807) is 4.57 Å². The molecule has 3 aliphatic rings. The zero-order chi connectivity index (χ0) is 39.0. The number of fused-ring (bicyclic) bond motifs is 1. The van der Waals surface area contributed by atoms with Crippen molar-refractivity contribution < 1.29 is 43.2 Å². The average molecular weight is 780 g/mol. The molecule has 0 spiro atoms. The first-order chi connectivity index (χ1) is 26.3. The van der Waals surface area contributed by atoms with Crippen LogP contribution < -0.4 is 31.3 Å². The van der Waals surface area contributed by atoms with Gasteiger partial charge >= 0.3 is 12.1 Å². The van der Waals surface area contributed by atoms with Crippen molar-refractivity contribution in [3.8, 4) is 0 Å². The van der Waals surface area contributed by atoms with Gasteiger partial charge < -0.3 is 51.2 Å². The number of hydrogen-bond donors (Lipinski definition) is 9. The summed E-state index contributed by atoms with van der Waals surface area (Å²) >= 11 is 0. The molecule has 10 N–H and O–H groups in total. The normalized spacial score (nSPS) is 24.7. The van der Waals surface area contributed by atoms with Crippen molar-refractivity contribution in [3.63, 3.8) is 0 Å². The van der Waals surface area contributed by atoms with E-state index < -0.39 is 71.0 Å². The summed E-state index contributed by atoms with van der Waals surface area (Å²) in [6.07, 6.45) is -0.646. The highest BCUT2D eigenvalue weighted by Crippen LogP contribution is 2.38. The van der Waals surface area contributed by atoms with Gasteiger partial charge in [0.15, 0.2) is 17.0 Å². The van der Waals surface area contributed by atoms with Gasteiger partial charge in [-0.3, -0.25) is 9.69 Å². The molecule has 21 heteroatoms. The zero-order valence-electron chi connectivity index (χ0n) is 29.3. The smallest absolute Gasteiger partial charge is 0.325 e. The summed E-state index contributed by atoms with van der Waals surface area (Å²) in [5.74, 6) is -0.197. The summed E-state index contributed by atoms with van der Waals surface area (Å²) in [5.41, 5.74) is 1.75. The van der Waals surface area contributed by atoms with Gasteiger partial charge in [-0.15, -0.1) is 0 Å². The lowest BCUT2D eigenvalue weighted by molar-refractivity contribution is -0.131. The van der Waals surface area contributed by atoms with Crippen LogP contribution in [0, 0.1) is 0 Å². The molecule has 0 radical (unpaired) electrons. The molecule has 4 heterocycles. The summed E-state index contributed by atoms with van der Waals surface area (Å²) in [7, 11) is -3.97. The SMILES string of the molecule is NS(=O)(=O)c1cccc(NC(=O)NC2CCN(c3nc(N[C@H](CO)Cc4ccccc4)c4ncn([C@@H]5C[C@H](N6C(=O)N[C@H](CO)C6=O)[C@@H](O)[C@H]5O)c4n3)C2)c1. The second kappa shape index (κ2) is 15.4. The van der Waals surface area contributed by atoms with Gasteiger partial charge in [0.05, 0.1) is 42.6 Å². The van der Waals surface area contributed by atoms with Gasteiger partial charge in [0.1, 0.15) is 18.2 Å². The standard InChI is InChI=1S/C34H41N11O9S/c35-55(53,54)22-8-4-7-19(12-22)38-33(51)39-20-9-10-43(14-20)32-41-29(37-21(15-46)11-18-5-2-1-3-6-18)26-30(42-32)44(17-36-26)24-13-25(28(49)27(24)48)45-31(50)23(16-47)40-34(45)52/h1-8,12,17,20-21,23-25,27-28,46-49H,9-11,13-16H2,(H,40,52)(H2,35,53,54)(H,37,41,42)(H2,38,39,51)/t20?,21-,23+,24+,25-,27-,28+/m0/s1. The molecule has 0 bridgehead atoms. The summed E-state index contributed by atoms with van der Waals surface area (Å²) in [6, 6.07) is 9.71. The monoisotopic (exact) mass is 779 g/mol. The molecular weight excluding hydrogens is 739 g/mol. The average Bonchev–Trinajstić information content (AvgIpc) is 3.93. The van der Waals surface area contributed by atoms with E-state index in [4.69, 9.17) is 15.1 Å². The number of rotatable bonds is 12. The Bertz CT molecular complexity index is 2190. The fraction of sp³-hybridized carbons (Fsp3) is 0.412. The Hall–Kier alpha value is -5.45. The lowest BCUT2D eigenvalue weighted by Gasteiger charge is -2.24. The van der Waals surface area contributed by atoms with Gasteiger partial charge in [0.25, 0.3) is 5.91 Å². The zero-order valence-corrected chi connectivity index (χ0v) is 30.1. The number of carbonyl (C=O) groups is 3. The minimum atomic E-state index is -3.97. The molecule has 2 saturated heterocycles. The van der Waals surface area contributed by atoms with E-state index in [9.17, 15) is 43.2 Å². The maximum Gasteiger partial charge on any atom is 0.325 e. The topological polar surface area (TPSA) is 290 Å². The molecule has 5 amide bonds.